The van der Waals surface area contributed by atoms with E-state index in [1.807, 2.05) is 37.3 Å². The molecule has 0 unspecified atom stereocenters. The average Bonchev–Trinajstić information content (AvgIpc) is 3.39. The topological polar surface area (TPSA) is 99.8 Å². The van der Waals surface area contributed by atoms with Crippen LogP contribution >= 0.6 is 11.5 Å². The van der Waals surface area contributed by atoms with E-state index in [2.05, 4.69) is 25.0 Å². The van der Waals surface area contributed by atoms with Crippen molar-refractivity contribution in [3.05, 3.63) is 77.5 Å². The maximum absolute atomic E-state index is 12.7. The van der Waals surface area contributed by atoms with Gasteiger partial charge in [0.05, 0.1) is 11.0 Å². The number of H-pyrrole nitrogens is 1. The second kappa shape index (κ2) is 8.24. The highest BCUT2D eigenvalue weighted by atomic mass is 32.1. The molecule has 0 aliphatic heterocycles. The number of hydrogen-bond donors (Lipinski definition) is 3. The van der Waals surface area contributed by atoms with Gasteiger partial charge in [-0.25, -0.2) is 4.98 Å². The minimum absolute atomic E-state index is 0.195. The smallest absolute Gasteiger partial charge is 0.276 e. The van der Waals surface area contributed by atoms with E-state index >= 15 is 0 Å². The van der Waals surface area contributed by atoms with E-state index in [1.54, 1.807) is 24.7 Å². The Labute approximate surface area is 171 Å². The molecule has 0 aliphatic carbocycles. The predicted molar refractivity (Wildman–Crippen MR) is 113 cm³/mol. The fourth-order valence-corrected chi connectivity index (χ4v) is 3.74. The highest BCUT2D eigenvalue weighted by Crippen LogP contribution is 2.24. The van der Waals surface area contributed by atoms with Crippen LogP contribution in [0, 0.1) is 6.92 Å². The molecule has 0 bridgehead atoms. The molecule has 0 spiro atoms. The molecule has 2 aromatic carbocycles. The normalized spacial score (nSPS) is 10.8. The van der Waals surface area contributed by atoms with Crippen LogP contribution in [0.15, 0.2) is 55.0 Å². The molecule has 146 valence electrons. The van der Waals surface area contributed by atoms with Crippen molar-refractivity contribution in [1.82, 2.24) is 19.7 Å². The van der Waals surface area contributed by atoms with Gasteiger partial charge in [-0.05, 0) is 42.2 Å². The van der Waals surface area contributed by atoms with Gasteiger partial charge in [-0.2, -0.15) is 4.37 Å². The lowest BCUT2D eigenvalue weighted by Crippen LogP contribution is -2.26. The minimum Gasteiger partial charge on any atom is -0.352 e. The molecule has 8 heteroatoms. The number of nitrogens with zero attached hydrogens (tertiary/aromatic N) is 2. The first-order chi connectivity index (χ1) is 14.1. The van der Waals surface area contributed by atoms with E-state index < -0.39 is 0 Å². The Morgan fingerprint density at radius 2 is 2.00 bits per heavy atom. The van der Waals surface area contributed by atoms with Crippen LogP contribution in [0.1, 0.15) is 32.1 Å². The molecule has 0 atom stereocenters. The number of anilines is 1. The van der Waals surface area contributed by atoms with E-state index in [0.717, 1.165) is 21.3 Å². The molecule has 7 nitrogen and oxygen atoms in total. The number of benzene rings is 2. The lowest BCUT2D eigenvalue weighted by molar-refractivity contribution is 0.0952. The van der Waals surface area contributed by atoms with Crippen molar-refractivity contribution in [2.75, 3.05) is 11.9 Å². The molecule has 2 heterocycles. The van der Waals surface area contributed by atoms with Crippen molar-refractivity contribution in [3.63, 3.8) is 0 Å². The van der Waals surface area contributed by atoms with Gasteiger partial charge in [-0.15, -0.1) is 0 Å². The molecular weight excluding hydrogens is 386 g/mol. The number of nitrogens with one attached hydrogen (secondary N) is 3. The number of amides is 2. The third-order valence-corrected chi connectivity index (χ3v) is 5.40. The lowest BCUT2D eigenvalue weighted by Gasteiger charge is -2.10. The summed E-state index contributed by atoms with van der Waals surface area (Å²) in [6.07, 6.45) is 4.00. The Morgan fingerprint density at radius 1 is 1.14 bits per heavy atom. The molecule has 29 heavy (non-hydrogen) atoms. The summed E-state index contributed by atoms with van der Waals surface area (Å²) in [7, 11) is 0. The molecule has 0 aliphatic rings. The third kappa shape index (κ3) is 4.17. The number of aryl methyl sites for hydroxylation is 1. The Bertz CT molecular complexity index is 1170. The number of aromatic nitrogens is 3. The number of imidazole rings is 1. The van der Waals surface area contributed by atoms with Crippen molar-refractivity contribution in [3.8, 4) is 0 Å². The average molecular weight is 405 g/mol. The van der Waals surface area contributed by atoms with Crippen LogP contribution < -0.4 is 10.6 Å². The van der Waals surface area contributed by atoms with Crippen molar-refractivity contribution in [1.29, 1.82) is 0 Å². The first-order valence-corrected chi connectivity index (χ1v) is 9.91. The molecule has 0 fully saturated rings. The summed E-state index contributed by atoms with van der Waals surface area (Å²) in [4.78, 5) is 32.2. The molecule has 4 rings (SSSR count). The molecule has 2 amide bonds. The van der Waals surface area contributed by atoms with Gasteiger partial charge in [-0.3, -0.25) is 9.59 Å². The van der Waals surface area contributed by atoms with Gasteiger partial charge in [0.1, 0.15) is 5.69 Å². The standard InChI is InChI=1S/C21H19N5O2S/c1-13-6-7-14(20(27)23-9-8-15-11-22-12-24-15)10-17(13)25-21(28)19-16-4-2-3-5-18(16)29-26-19/h2-7,10-12H,8-9H2,1H3,(H,22,24)(H,23,27)(H,25,28). The summed E-state index contributed by atoms with van der Waals surface area (Å²) >= 11 is 1.29. The molecule has 4 aromatic rings. The maximum Gasteiger partial charge on any atom is 0.276 e. The van der Waals surface area contributed by atoms with Gasteiger partial charge in [0, 0.05) is 41.5 Å². The summed E-state index contributed by atoms with van der Waals surface area (Å²) in [6.45, 7) is 2.37. The zero-order chi connectivity index (χ0) is 20.2. The zero-order valence-corrected chi connectivity index (χ0v) is 16.5. The number of aromatic amines is 1. The summed E-state index contributed by atoms with van der Waals surface area (Å²) in [5.74, 6) is -0.485. The number of hydrogen-bond acceptors (Lipinski definition) is 5. The minimum atomic E-state index is -0.289. The fourth-order valence-electron chi connectivity index (χ4n) is 2.96. The number of rotatable bonds is 6. The highest BCUT2D eigenvalue weighted by Gasteiger charge is 2.16. The second-order valence-electron chi connectivity index (χ2n) is 6.59. The molecule has 0 saturated carbocycles. The van der Waals surface area contributed by atoms with Gasteiger partial charge in [0.2, 0.25) is 0 Å². The Morgan fingerprint density at radius 3 is 2.83 bits per heavy atom. The summed E-state index contributed by atoms with van der Waals surface area (Å²) in [5, 5.41) is 6.59. The number of carbonyl (C=O) groups excluding carboxylic acids is 2. The van der Waals surface area contributed by atoms with E-state index in [-0.39, 0.29) is 11.8 Å². The molecule has 0 saturated heterocycles. The first kappa shape index (κ1) is 18.8. The Kier molecular flexibility index (Phi) is 5.35. The number of fused-ring (bicyclic) bond motifs is 1. The van der Waals surface area contributed by atoms with Crippen molar-refractivity contribution < 1.29 is 9.59 Å². The van der Waals surface area contributed by atoms with Crippen LogP contribution in [-0.2, 0) is 6.42 Å². The Balaban J connectivity index is 1.46. The van der Waals surface area contributed by atoms with Gasteiger partial charge in [0.25, 0.3) is 11.8 Å². The van der Waals surface area contributed by atoms with Crippen LogP contribution in [0.25, 0.3) is 10.1 Å². The van der Waals surface area contributed by atoms with Gasteiger partial charge >= 0.3 is 0 Å². The lowest BCUT2D eigenvalue weighted by atomic mass is 10.1. The van der Waals surface area contributed by atoms with Crippen LogP contribution in [0.2, 0.25) is 0 Å². The molecule has 3 N–H and O–H groups in total. The summed E-state index contributed by atoms with van der Waals surface area (Å²) < 4.78 is 5.24. The summed E-state index contributed by atoms with van der Waals surface area (Å²) in [6, 6.07) is 12.9. The van der Waals surface area contributed by atoms with Crippen LogP contribution in [-0.4, -0.2) is 32.7 Å². The quantitative estimate of drug-likeness (QED) is 0.457. The molecule has 2 aromatic heterocycles. The van der Waals surface area contributed by atoms with Gasteiger partial charge in [-0.1, -0.05) is 24.3 Å². The van der Waals surface area contributed by atoms with Crippen LogP contribution in [0.3, 0.4) is 0 Å². The van der Waals surface area contributed by atoms with Crippen molar-refractivity contribution >= 4 is 39.1 Å². The molecular formula is C21H19N5O2S. The second-order valence-corrected chi connectivity index (χ2v) is 7.40. The maximum atomic E-state index is 12.7. The van der Waals surface area contributed by atoms with Crippen LogP contribution in [0.5, 0.6) is 0 Å². The van der Waals surface area contributed by atoms with Gasteiger partial charge < -0.3 is 15.6 Å². The first-order valence-electron chi connectivity index (χ1n) is 9.13. The predicted octanol–water partition coefficient (Wildman–Crippen LogP) is 3.55. The van der Waals surface area contributed by atoms with E-state index in [0.29, 0.717) is 29.9 Å². The van der Waals surface area contributed by atoms with Crippen molar-refractivity contribution in [2.24, 2.45) is 0 Å². The van der Waals surface area contributed by atoms with E-state index in [9.17, 15) is 9.59 Å². The Hall–Kier alpha value is -3.52. The largest absolute Gasteiger partial charge is 0.352 e. The van der Waals surface area contributed by atoms with E-state index in [1.165, 1.54) is 11.5 Å². The SMILES string of the molecule is Cc1ccc(C(=O)NCCc2cnc[nH]2)cc1NC(=O)c1nsc2ccccc12. The summed E-state index contributed by atoms with van der Waals surface area (Å²) in [5.41, 5.74) is 3.29. The number of carbonyl (C=O) groups is 2. The monoisotopic (exact) mass is 405 g/mol. The van der Waals surface area contributed by atoms with E-state index in [4.69, 9.17) is 0 Å². The third-order valence-electron chi connectivity index (χ3n) is 4.58. The van der Waals surface area contributed by atoms with Crippen molar-refractivity contribution in [2.45, 2.75) is 13.3 Å². The fraction of sp³-hybridized carbons (Fsp3) is 0.143. The molecule has 0 radical (unpaired) electrons. The van der Waals surface area contributed by atoms with Gasteiger partial charge in [0.15, 0.2) is 0 Å². The zero-order valence-electron chi connectivity index (χ0n) is 15.7. The van der Waals surface area contributed by atoms with Crippen LogP contribution in [0.4, 0.5) is 5.69 Å². The highest BCUT2D eigenvalue weighted by molar-refractivity contribution is 7.13.